The molecule has 24 heavy (non-hydrogen) atoms. The van der Waals surface area contributed by atoms with E-state index >= 15 is 0 Å². The molecule has 2 atom stereocenters. The summed E-state index contributed by atoms with van der Waals surface area (Å²) in [4.78, 5) is 12.9. The van der Waals surface area contributed by atoms with E-state index in [9.17, 15) is 9.18 Å². The smallest absolute Gasteiger partial charge is 0.305 e. The quantitative estimate of drug-likeness (QED) is 0.903. The predicted molar refractivity (Wildman–Crippen MR) is 93.3 cm³/mol. The average Bonchev–Trinajstić information content (AvgIpc) is 2.90. The summed E-state index contributed by atoms with van der Waals surface area (Å²) in [6.07, 6.45) is 0.167. The van der Waals surface area contributed by atoms with Crippen molar-refractivity contribution in [2.45, 2.75) is 38.4 Å². The fourth-order valence-corrected chi connectivity index (χ4v) is 3.40. The molecule has 1 aliphatic heterocycles. The van der Waals surface area contributed by atoms with Gasteiger partial charge in [-0.2, -0.15) is 0 Å². The Kier molecular flexibility index (Phi) is 4.84. The molecule has 0 saturated carbocycles. The Morgan fingerprint density at radius 3 is 2.58 bits per heavy atom. The van der Waals surface area contributed by atoms with Crippen molar-refractivity contribution < 1.29 is 14.3 Å². The molecule has 2 aromatic carbocycles. The molecule has 0 aliphatic carbocycles. The van der Waals surface area contributed by atoms with E-state index in [1.807, 2.05) is 41.3 Å². The number of nitrogens with zero attached hydrogens (tertiary/aromatic N) is 1. The molecule has 1 saturated heterocycles. The molecule has 3 nitrogen and oxygen atoms in total. The molecular formula is C20H22FNO2. The minimum atomic E-state index is -0.957. The largest absolute Gasteiger partial charge is 0.481 e. The molecule has 0 amide bonds. The summed E-state index contributed by atoms with van der Waals surface area (Å²) >= 11 is 0. The van der Waals surface area contributed by atoms with Crippen LogP contribution < -0.4 is 4.90 Å². The van der Waals surface area contributed by atoms with Crippen molar-refractivity contribution in [2.75, 3.05) is 11.4 Å². The van der Waals surface area contributed by atoms with Crippen LogP contribution in [0.25, 0.3) is 0 Å². The lowest BCUT2D eigenvalue weighted by Gasteiger charge is -2.25. The van der Waals surface area contributed by atoms with E-state index in [4.69, 9.17) is 5.11 Å². The first-order valence-electron chi connectivity index (χ1n) is 8.29. The predicted octanol–water partition coefficient (Wildman–Crippen LogP) is 3.98. The summed E-state index contributed by atoms with van der Waals surface area (Å²) in [5, 5.41) is 9.01. The highest BCUT2D eigenvalue weighted by Crippen LogP contribution is 2.29. The Balaban J connectivity index is 1.74. The third-order valence-electron chi connectivity index (χ3n) is 4.70. The van der Waals surface area contributed by atoms with Gasteiger partial charge in [-0.25, -0.2) is 4.39 Å². The summed E-state index contributed by atoms with van der Waals surface area (Å²) < 4.78 is 13.7. The third kappa shape index (κ3) is 3.75. The van der Waals surface area contributed by atoms with Crippen LogP contribution in [0.5, 0.6) is 0 Å². The van der Waals surface area contributed by atoms with E-state index in [0.29, 0.717) is 0 Å². The summed E-state index contributed by atoms with van der Waals surface area (Å²) in [6.45, 7) is 2.38. The summed E-state index contributed by atoms with van der Waals surface area (Å²) in [7, 11) is 0. The van der Waals surface area contributed by atoms with Gasteiger partial charge in [0.15, 0.2) is 0 Å². The van der Waals surface area contributed by atoms with E-state index in [0.717, 1.165) is 12.1 Å². The van der Waals surface area contributed by atoms with Crippen molar-refractivity contribution in [1.29, 1.82) is 0 Å². The number of rotatable bonds is 5. The number of aryl methyl sites for hydroxylation is 1. The highest BCUT2D eigenvalue weighted by Gasteiger charge is 2.33. The molecular weight excluding hydrogens is 305 g/mol. The van der Waals surface area contributed by atoms with Gasteiger partial charge in [0.25, 0.3) is 0 Å². The van der Waals surface area contributed by atoms with Gasteiger partial charge in [0.2, 0.25) is 0 Å². The van der Waals surface area contributed by atoms with E-state index in [1.165, 1.54) is 16.7 Å². The Labute approximate surface area is 141 Å². The molecule has 0 unspecified atom stereocenters. The number of carboxylic acid groups (broad SMARTS) is 1. The Hall–Kier alpha value is -2.36. The number of halogens is 1. The maximum atomic E-state index is 13.7. The van der Waals surface area contributed by atoms with Crippen molar-refractivity contribution in [3.63, 3.8) is 0 Å². The first-order chi connectivity index (χ1) is 11.5. The van der Waals surface area contributed by atoms with E-state index in [1.54, 1.807) is 0 Å². The number of hydrogen-bond donors (Lipinski definition) is 1. The molecule has 1 heterocycles. The number of aliphatic carboxylic acids is 1. The van der Waals surface area contributed by atoms with E-state index in [2.05, 4.69) is 19.1 Å². The van der Waals surface area contributed by atoms with Crippen LogP contribution in [0.4, 0.5) is 10.1 Å². The highest BCUT2D eigenvalue weighted by atomic mass is 19.1. The second-order valence-electron chi connectivity index (χ2n) is 6.51. The average molecular weight is 327 g/mol. The molecule has 126 valence electrons. The Morgan fingerprint density at radius 1 is 1.21 bits per heavy atom. The SMILES string of the molecule is Cc1ccccc1Cc1ccc(N2C[C@H](F)C[C@H]2CC(=O)O)cc1. The van der Waals surface area contributed by atoms with Gasteiger partial charge in [0.1, 0.15) is 6.17 Å². The molecule has 1 fully saturated rings. The molecule has 2 aromatic rings. The molecule has 4 heteroatoms. The minimum Gasteiger partial charge on any atom is -0.481 e. The maximum absolute atomic E-state index is 13.7. The van der Waals surface area contributed by atoms with Crippen LogP contribution >= 0.6 is 0 Å². The normalized spacial score (nSPS) is 20.3. The van der Waals surface area contributed by atoms with Crippen molar-refractivity contribution >= 4 is 11.7 Å². The van der Waals surface area contributed by atoms with Gasteiger partial charge in [-0.15, -0.1) is 0 Å². The zero-order valence-electron chi connectivity index (χ0n) is 13.8. The van der Waals surface area contributed by atoms with E-state index in [-0.39, 0.29) is 25.4 Å². The van der Waals surface area contributed by atoms with Crippen LogP contribution in [0, 0.1) is 6.92 Å². The first-order valence-corrected chi connectivity index (χ1v) is 8.29. The van der Waals surface area contributed by atoms with Gasteiger partial charge in [-0.3, -0.25) is 4.79 Å². The van der Waals surface area contributed by atoms with Crippen molar-refractivity contribution in [2.24, 2.45) is 0 Å². The van der Waals surface area contributed by atoms with Gasteiger partial charge in [-0.05, 0) is 42.2 Å². The van der Waals surface area contributed by atoms with Crippen molar-refractivity contribution in [3.05, 3.63) is 65.2 Å². The third-order valence-corrected chi connectivity index (χ3v) is 4.70. The van der Waals surface area contributed by atoms with Crippen LogP contribution in [0.15, 0.2) is 48.5 Å². The molecule has 3 rings (SSSR count). The summed E-state index contributed by atoms with van der Waals surface area (Å²) in [5.41, 5.74) is 4.65. The number of alkyl halides is 1. The molecule has 1 aliphatic rings. The van der Waals surface area contributed by atoms with E-state index < -0.39 is 12.1 Å². The zero-order chi connectivity index (χ0) is 17.1. The highest BCUT2D eigenvalue weighted by molar-refractivity contribution is 5.69. The van der Waals surface area contributed by atoms with Gasteiger partial charge < -0.3 is 10.0 Å². The van der Waals surface area contributed by atoms with Crippen LogP contribution in [0.2, 0.25) is 0 Å². The standard InChI is InChI=1S/C20H22FNO2/c1-14-4-2-3-5-16(14)10-15-6-8-18(9-7-15)22-13-17(21)11-19(22)12-20(23)24/h2-9,17,19H,10-13H2,1H3,(H,23,24)/t17-,19+/m1/s1. The number of anilines is 1. The first kappa shape index (κ1) is 16.5. The lowest BCUT2D eigenvalue weighted by molar-refractivity contribution is -0.137. The number of carboxylic acids is 1. The Bertz CT molecular complexity index is 714. The van der Waals surface area contributed by atoms with Crippen LogP contribution in [-0.2, 0) is 11.2 Å². The lowest BCUT2D eigenvalue weighted by Crippen LogP contribution is -2.31. The fourth-order valence-electron chi connectivity index (χ4n) is 3.40. The second kappa shape index (κ2) is 7.04. The summed E-state index contributed by atoms with van der Waals surface area (Å²) in [5.74, 6) is -0.879. The fraction of sp³-hybridized carbons (Fsp3) is 0.350. The van der Waals surface area contributed by atoms with Crippen molar-refractivity contribution in [3.8, 4) is 0 Å². The van der Waals surface area contributed by atoms with Gasteiger partial charge in [0, 0.05) is 24.7 Å². The zero-order valence-corrected chi connectivity index (χ0v) is 13.8. The number of carbonyl (C=O) groups is 1. The topological polar surface area (TPSA) is 40.5 Å². The van der Waals surface area contributed by atoms with Crippen molar-refractivity contribution in [1.82, 2.24) is 0 Å². The molecule has 0 aromatic heterocycles. The Morgan fingerprint density at radius 2 is 1.92 bits per heavy atom. The second-order valence-corrected chi connectivity index (χ2v) is 6.51. The minimum absolute atomic E-state index is 0.0224. The van der Waals surface area contributed by atoms with Gasteiger partial charge in [0.05, 0.1) is 6.42 Å². The summed E-state index contributed by atoms with van der Waals surface area (Å²) in [6, 6.07) is 16.1. The maximum Gasteiger partial charge on any atom is 0.305 e. The molecule has 1 N–H and O–H groups in total. The molecule has 0 spiro atoms. The lowest BCUT2D eigenvalue weighted by atomic mass is 10.0. The number of benzene rings is 2. The van der Waals surface area contributed by atoms with Gasteiger partial charge in [-0.1, -0.05) is 36.4 Å². The monoisotopic (exact) mass is 327 g/mol. The van der Waals surface area contributed by atoms with Crippen LogP contribution in [0.1, 0.15) is 29.5 Å². The van der Waals surface area contributed by atoms with Crippen LogP contribution in [-0.4, -0.2) is 29.8 Å². The van der Waals surface area contributed by atoms with Gasteiger partial charge >= 0.3 is 5.97 Å². The van der Waals surface area contributed by atoms with Crippen LogP contribution in [0.3, 0.4) is 0 Å². The number of hydrogen-bond acceptors (Lipinski definition) is 2. The molecule has 0 bridgehead atoms. The molecule has 0 radical (unpaired) electrons.